The Hall–Kier alpha value is -1.88. The number of nitrogens with zero attached hydrogens (tertiary/aromatic N) is 2. The van der Waals surface area contributed by atoms with Gasteiger partial charge in [-0.05, 0) is 44.3 Å². The molecule has 2 rings (SSSR count). The van der Waals surface area contributed by atoms with E-state index in [1.807, 2.05) is 38.2 Å². The van der Waals surface area contributed by atoms with E-state index < -0.39 is 0 Å². The number of fused-ring (bicyclic) bond motifs is 1. The first-order valence-corrected chi connectivity index (χ1v) is 6.80. The number of likely N-dealkylation sites (N-methyl/N-ethyl adjacent to an activating group) is 2. The number of hydrogen-bond donors (Lipinski definition) is 1. The predicted molar refractivity (Wildman–Crippen MR) is 78.9 cm³/mol. The van der Waals surface area contributed by atoms with Crippen LogP contribution in [0.3, 0.4) is 0 Å². The van der Waals surface area contributed by atoms with E-state index in [2.05, 4.69) is 5.32 Å². The van der Waals surface area contributed by atoms with Crippen molar-refractivity contribution in [3.8, 4) is 0 Å². The van der Waals surface area contributed by atoms with Gasteiger partial charge in [0, 0.05) is 37.8 Å². The van der Waals surface area contributed by atoms with Gasteiger partial charge in [0.05, 0.1) is 0 Å². The van der Waals surface area contributed by atoms with E-state index in [0.717, 1.165) is 17.8 Å². The Morgan fingerprint density at radius 2 is 1.95 bits per heavy atom. The molecule has 0 saturated carbocycles. The monoisotopic (exact) mass is 275 g/mol. The van der Waals surface area contributed by atoms with Gasteiger partial charge in [-0.2, -0.15) is 0 Å². The highest BCUT2D eigenvalue weighted by Crippen LogP contribution is 2.23. The zero-order valence-corrected chi connectivity index (χ0v) is 12.3. The van der Waals surface area contributed by atoms with Gasteiger partial charge in [0.15, 0.2) is 0 Å². The van der Waals surface area contributed by atoms with E-state index in [9.17, 15) is 9.59 Å². The van der Waals surface area contributed by atoms with Gasteiger partial charge in [-0.25, -0.2) is 0 Å². The van der Waals surface area contributed by atoms with Crippen LogP contribution in [0.4, 0.5) is 5.69 Å². The maximum Gasteiger partial charge on any atom is 0.253 e. The summed E-state index contributed by atoms with van der Waals surface area (Å²) in [6.45, 7) is 1.53. The van der Waals surface area contributed by atoms with Crippen LogP contribution < -0.4 is 5.32 Å². The van der Waals surface area contributed by atoms with Gasteiger partial charge in [0.25, 0.3) is 5.91 Å². The second kappa shape index (κ2) is 6.05. The summed E-state index contributed by atoms with van der Waals surface area (Å²) in [5.74, 6) is 0.0613. The fraction of sp³-hybridized carbons (Fsp3) is 0.467. The van der Waals surface area contributed by atoms with Crippen LogP contribution in [0.25, 0.3) is 0 Å². The molecule has 1 aliphatic rings. The van der Waals surface area contributed by atoms with Crippen LogP contribution in [-0.4, -0.2) is 55.8 Å². The highest BCUT2D eigenvalue weighted by atomic mass is 16.2. The maximum atomic E-state index is 12.3. The van der Waals surface area contributed by atoms with Crippen molar-refractivity contribution >= 4 is 17.5 Å². The van der Waals surface area contributed by atoms with Crippen LogP contribution in [-0.2, 0) is 11.2 Å². The molecule has 1 aliphatic heterocycles. The molecular weight excluding hydrogens is 254 g/mol. The SMILES string of the molecule is CN(C)CCN(C)C(=O)c1ccc2c(c1)CCC(=O)N2. The number of amides is 2. The minimum Gasteiger partial charge on any atom is -0.340 e. The molecule has 20 heavy (non-hydrogen) atoms. The maximum absolute atomic E-state index is 12.3. The number of carbonyl (C=O) groups is 2. The Labute approximate surface area is 119 Å². The Kier molecular flexibility index (Phi) is 4.39. The van der Waals surface area contributed by atoms with E-state index in [-0.39, 0.29) is 11.8 Å². The molecule has 0 fully saturated rings. The average molecular weight is 275 g/mol. The largest absolute Gasteiger partial charge is 0.340 e. The van der Waals surface area contributed by atoms with Crippen molar-refractivity contribution in [1.82, 2.24) is 9.80 Å². The van der Waals surface area contributed by atoms with Crippen molar-refractivity contribution in [2.24, 2.45) is 0 Å². The second-order valence-electron chi connectivity index (χ2n) is 5.45. The highest BCUT2D eigenvalue weighted by Gasteiger charge is 2.18. The predicted octanol–water partition coefficient (Wildman–Crippen LogP) is 1.20. The summed E-state index contributed by atoms with van der Waals surface area (Å²) in [6.07, 6.45) is 1.19. The zero-order valence-electron chi connectivity index (χ0n) is 12.3. The topological polar surface area (TPSA) is 52.7 Å². The van der Waals surface area contributed by atoms with E-state index in [4.69, 9.17) is 0 Å². The molecule has 0 atom stereocenters. The smallest absolute Gasteiger partial charge is 0.253 e. The lowest BCUT2D eigenvalue weighted by Crippen LogP contribution is -2.33. The van der Waals surface area contributed by atoms with Crippen molar-refractivity contribution in [3.05, 3.63) is 29.3 Å². The molecule has 1 N–H and O–H groups in total. The van der Waals surface area contributed by atoms with Crippen LogP contribution in [0, 0.1) is 0 Å². The van der Waals surface area contributed by atoms with Gasteiger partial charge in [0.2, 0.25) is 5.91 Å². The summed E-state index contributed by atoms with van der Waals surface area (Å²) in [7, 11) is 5.78. The van der Waals surface area contributed by atoms with Gasteiger partial charge in [0.1, 0.15) is 0 Å². The summed E-state index contributed by atoms with van der Waals surface area (Å²) in [6, 6.07) is 5.49. The lowest BCUT2D eigenvalue weighted by Gasteiger charge is -2.21. The van der Waals surface area contributed by atoms with Crippen LogP contribution in [0.2, 0.25) is 0 Å². The molecule has 0 unspecified atom stereocenters. The van der Waals surface area contributed by atoms with Gasteiger partial charge < -0.3 is 15.1 Å². The van der Waals surface area contributed by atoms with Crippen molar-refractivity contribution < 1.29 is 9.59 Å². The van der Waals surface area contributed by atoms with E-state index in [1.165, 1.54) is 0 Å². The molecule has 0 aliphatic carbocycles. The molecule has 1 aromatic rings. The van der Waals surface area contributed by atoms with Crippen LogP contribution >= 0.6 is 0 Å². The number of rotatable bonds is 4. The summed E-state index contributed by atoms with van der Waals surface area (Å²) < 4.78 is 0. The average Bonchev–Trinajstić information content (AvgIpc) is 2.43. The van der Waals surface area contributed by atoms with Crippen molar-refractivity contribution in [1.29, 1.82) is 0 Å². The zero-order chi connectivity index (χ0) is 14.7. The second-order valence-corrected chi connectivity index (χ2v) is 5.45. The third-order valence-electron chi connectivity index (χ3n) is 3.48. The lowest BCUT2D eigenvalue weighted by atomic mass is 10.00. The summed E-state index contributed by atoms with van der Waals surface area (Å²) in [5.41, 5.74) is 2.55. The fourth-order valence-electron chi connectivity index (χ4n) is 2.19. The molecule has 0 aromatic heterocycles. The Bertz CT molecular complexity index is 526. The van der Waals surface area contributed by atoms with E-state index in [1.54, 1.807) is 11.0 Å². The number of hydrogen-bond acceptors (Lipinski definition) is 3. The van der Waals surface area contributed by atoms with Gasteiger partial charge in [-0.3, -0.25) is 9.59 Å². The lowest BCUT2D eigenvalue weighted by molar-refractivity contribution is -0.116. The van der Waals surface area contributed by atoms with Gasteiger partial charge in [-0.1, -0.05) is 0 Å². The molecule has 0 saturated heterocycles. The Balaban J connectivity index is 2.09. The molecule has 1 heterocycles. The first-order chi connectivity index (χ1) is 9.47. The van der Waals surface area contributed by atoms with E-state index >= 15 is 0 Å². The summed E-state index contributed by atoms with van der Waals surface area (Å²) >= 11 is 0. The Morgan fingerprint density at radius 1 is 1.20 bits per heavy atom. The van der Waals surface area contributed by atoms with Gasteiger partial charge >= 0.3 is 0 Å². The number of anilines is 1. The number of aryl methyl sites for hydroxylation is 1. The van der Waals surface area contributed by atoms with Crippen LogP contribution in [0.1, 0.15) is 22.3 Å². The molecule has 0 spiro atoms. The molecule has 108 valence electrons. The number of benzene rings is 1. The normalized spacial score (nSPS) is 13.9. The highest BCUT2D eigenvalue weighted by molar-refractivity contribution is 5.97. The summed E-state index contributed by atoms with van der Waals surface area (Å²) in [4.78, 5) is 27.4. The Morgan fingerprint density at radius 3 is 2.65 bits per heavy atom. The van der Waals surface area contributed by atoms with Crippen molar-refractivity contribution in [2.45, 2.75) is 12.8 Å². The minimum absolute atomic E-state index is 0.0200. The third kappa shape index (κ3) is 3.36. The molecule has 1 aromatic carbocycles. The third-order valence-corrected chi connectivity index (χ3v) is 3.48. The molecule has 5 nitrogen and oxygen atoms in total. The first kappa shape index (κ1) is 14.5. The van der Waals surface area contributed by atoms with Crippen LogP contribution in [0.15, 0.2) is 18.2 Å². The first-order valence-electron chi connectivity index (χ1n) is 6.80. The molecule has 0 bridgehead atoms. The van der Waals surface area contributed by atoms with Crippen molar-refractivity contribution in [2.75, 3.05) is 39.5 Å². The molecule has 0 radical (unpaired) electrons. The number of nitrogens with one attached hydrogen (secondary N) is 1. The van der Waals surface area contributed by atoms with Gasteiger partial charge in [-0.15, -0.1) is 0 Å². The standard InChI is InChI=1S/C15H21N3O2/c1-17(2)8-9-18(3)15(20)12-4-6-13-11(10-12)5-7-14(19)16-13/h4,6,10H,5,7-9H2,1-3H3,(H,16,19). The number of carbonyl (C=O) groups excluding carboxylic acids is 2. The molecular formula is C15H21N3O2. The van der Waals surface area contributed by atoms with E-state index in [0.29, 0.717) is 24.9 Å². The summed E-state index contributed by atoms with van der Waals surface area (Å²) in [5, 5.41) is 2.82. The van der Waals surface area contributed by atoms with Crippen molar-refractivity contribution in [3.63, 3.8) is 0 Å². The molecule has 2 amide bonds. The minimum atomic E-state index is 0.0200. The fourth-order valence-corrected chi connectivity index (χ4v) is 2.19. The quantitative estimate of drug-likeness (QED) is 0.898. The molecule has 5 heteroatoms. The van der Waals surface area contributed by atoms with Crippen LogP contribution in [0.5, 0.6) is 0 Å².